The standard InChI is InChI=1S/C4H4N2.5ClH.Ir/c1-2-6-4-3-5-1;;;;;;/h1-4H;5*1H;/q;;;;;;+5/p-5. The summed E-state index contributed by atoms with van der Waals surface area (Å²) < 4.78 is 0. The number of hydrogen-bond donors (Lipinski definition) is 0. The molecule has 1 rings (SSSR count). The Morgan fingerprint density at radius 1 is 0.667 bits per heavy atom. The van der Waals surface area contributed by atoms with Gasteiger partial charge in [-0.05, 0) is 0 Å². The van der Waals surface area contributed by atoms with Gasteiger partial charge in [0.25, 0.3) is 0 Å². The number of aromatic nitrogens is 2. The van der Waals surface area contributed by atoms with Gasteiger partial charge >= 0.3 is 56.9 Å². The van der Waals surface area contributed by atoms with Crippen LogP contribution in [0, 0.1) is 0 Å². The van der Waals surface area contributed by atoms with Gasteiger partial charge in [0.15, 0.2) is 0 Å². The third-order valence-corrected chi connectivity index (χ3v) is 0.478. The summed E-state index contributed by atoms with van der Waals surface area (Å²) in [6.45, 7) is 0. The van der Waals surface area contributed by atoms with E-state index in [4.69, 9.17) is 47.9 Å². The van der Waals surface area contributed by atoms with Crippen LogP contribution in [0.4, 0.5) is 0 Å². The average molecular weight is 450 g/mol. The predicted octanol–water partition coefficient (Wildman–Crippen LogP) is 3.92. The molecule has 0 spiro atoms. The first kappa shape index (κ1) is 13.2. The molecule has 0 saturated carbocycles. The normalized spacial score (nSPS) is 13.6. The van der Waals surface area contributed by atoms with E-state index in [1.54, 1.807) is 24.8 Å². The zero-order chi connectivity index (χ0) is 9.69. The third kappa shape index (κ3) is 22.5. The van der Waals surface area contributed by atoms with Crippen molar-refractivity contribution in [3.8, 4) is 0 Å². The average Bonchev–Trinajstić information content (AvgIpc) is 1.86. The van der Waals surface area contributed by atoms with Crippen LogP contribution in [0.2, 0.25) is 0 Å². The molecule has 0 atom stereocenters. The number of nitrogens with zero attached hydrogens (tertiary/aromatic N) is 2. The van der Waals surface area contributed by atoms with Crippen molar-refractivity contribution >= 4 is 47.9 Å². The smallest absolute Gasteiger partial charge is 0.0451 e. The molecule has 0 aromatic carbocycles. The molecule has 8 heteroatoms. The van der Waals surface area contributed by atoms with Gasteiger partial charge in [-0.25, -0.2) is 0 Å². The summed E-state index contributed by atoms with van der Waals surface area (Å²) in [5.41, 5.74) is 0. The minimum atomic E-state index is -4.24. The summed E-state index contributed by atoms with van der Waals surface area (Å²) in [6.07, 6.45) is 6.56. The van der Waals surface area contributed by atoms with Crippen molar-refractivity contribution in [3.63, 3.8) is 0 Å². The summed E-state index contributed by atoms with van der Waals surface area (Å²) in [4.78, 5) is 7.44. The second-order valence-electron chi connectivity index (χ2n) is 1.37. The van der Waals surface area contributed by atoms with E-state index in [1.165, 1.54) is 0 Å². The maximum Gasteiger partial charge on any atom is 0.0451 e. The molecule has 1 heterocycles. The van der Waals surface area contributed by atoms with Crippen LogP contribution in [0.1, 0.15) is 0 Å². The van der Waals surface area contributed by atoms with Gasteiger partial charge in [-0.3, -0.25) is 9.97 Å². The van der Waals surface area contributed by atoms with Gasteiger partial charge < -0.3 is 0 Å². The monoisotopic (exact) mass is 448 g/mol. The summed E-state index contributed by atoms with van der Waals surface area (Å²) in [5.74, 6) is 0. The largest absolute Gasteiger partial charge is 0.262 e. The molecule has 0 aliphatic rings. The maximum atomic E-state index is 5.04. The summed E-state index contributed by atoms with van der Waals surface area (Å²) >= 11 is 0. The van der Waals surface area contributed by atoms with Gasteiger partial charge in [0.2, 0.25) is 0 Å². The van der Waals surface area contributed by atoms with Gasteiger partial charge in [-0.15, -0.1) is 0 Å². The van der Waals surface area contributed by atoms with Crippen LogP contribution >= 0.6 is 47.9 Å². The van der Waals surface area contributed by atoms with Crippen LogP contribution in [0.15, 0.2) is 24.8 Å². The van der Waals surface area contributed by atoms with E-state index in [0.717, 1.165) is 0 Å². The quantitative estimate of drug-likeness (QED) is 0.600. The Morgan fingerprint density at radius 2 is 0.833 bits per heavy atom. The molecule has 0 aliphatic carbocycles. The molecule has 0 amide bonds. The van der Waals surface area contributed by atoms with Gasteiger partial charge in [0, 0.05) is 24.8 Å². The van der Waals surface area contributed by atoms with Crippen LogP contribution in [-0.2, 0) is 9.02 Å². The molecule has 0 unspecified atom stereocenters. The van der Waals surface area contributed by atoms with Crippen LogP contribution < -0.4 is 0 Å². The molecule has 0 fully saturated rings. The molecular formula is C4H4Cl5IrN2. The van der Waals surface area contributed by atoms with E-state index in [9.17, 15) is 0 Å². The molecule has 0 N–H and O–H groups in total. The van der Waals surface area contributed by atoms with Crippen molar-refractivity contribution in [1.29, 1.82) is 0 Å². The van der Waals surface area contributed by atoms with Gasteiger partial charge in [0.05, 0.1) is 0 Å². The topological polar surface area (TPSA) is 25.8 Å². The second-order valence-corrected chi connectivity index (χ2v) is 36.0. The molecule has 12 heavy (non-hydrogen) atoms. The van der Waals surface area contributed by atoms with Crippen molar-refractivity contribution < 1.29 is 9.02 Å². The summed E-state index contributed by atoms with van der Waals surface area (Å²) in [6, 6.07) is 0. The molecule has 2 nitrogen and oxygen atoms in total. The molecular weight excluding hydrogens is 446 g/mol. The van der Waals surface area contributed by atoms with Crippen molar-refractivity contribution in [2.45, 2.75) is 0 Å². The van der Waals surface area contributed by atoms with Crippen molar-refractivity contribution in [1.82, 2.24) is 9.97 Å². The van der Waals surface area contributed by atoms with Crippen molar-refractivity contribution in [2.75, 3.05) is 0 Å². The van der Waals surface area contributed by atoms with E-state index in [2.05, 4.69) is 9.97 Å². The second kappa shape index (κ2) is 5.16. The van der Waals surface area contributed by atoms with Gasteiger partial charge in [-0.2, -0.15) is 0 Å². The minimum absolute atomic E-state index is 1.64. The van der Waals surface area contributed by atoms with E-state index >= 15 is 0 Å². The Bertz CT molecular complexity index is 176. The van der Waals surface area contributed by atoms with Crippen LogP contribution in [0.5, 0.6) is 0 Å². The maximum absolute atomic E-state index is 5.04. The number of halogens is 5. The van der Waals surface area contributed by atoms with Crippen molar-refractivity contribution in [2.24, 2.45) is 0 Å². The first-order valence-corrected chi connectivity index (χ1v) is 17.2. The van der Waals surface area contributed by atoms with Crippen LogP contribution in [0.25, 0.3) is 0 Å². The number of rotatable bonds is 0. The molecule has 74 valence electrons. The Kier molecular flexibility index (Phi) is 5.66. The van der Waals surface area contributed by atoms with E-state index < -0.39 is 9.02 Å². The van der Waals surface area contributed by atoms with E-state index in [0.29, 0.717) is 0 Å². The van der Waals surface area contributed by atoms with Gasteiger partial charge in [-0.1, -0.05) is 0 Å². The van der Waals surface area contributed by atoms with E-state index in [-0.39, 0.29) is 0 Å². The Morgan fingerprint density at radius 3 is 0.917 bits per heavy atom. The van der Waals surface area contributed by atoms with Crippen LogP contribution in [-0.4, -0.2) is 9.97 Å². The van der Waals surface area contributed by atoms with E-state index in [1.807, 2.05) is 0 Å². The number of hydrogen-bond acceptors (Lipinski definition) is 2. The molecule has 0 saturated heterocycles. The molecule has 1 aromatic rings. The fourth-order valence-electron chi connectivity index (χ4n) is 0.253. The Balaban J connectivity index is 0.000000202. The van der Waals surface area contributed by atoms with Gasteiger partial charge in [0.1, 0.15) is 0 Å². The molecule has 0 radical (unpaired) electrons. The Hall–Kier alpha value is 1.18. The molecule has 0 bridgehead atoms. The first-order chi connectivity index (χ1) is 5.24. The van der Waals surface area contributed by atoms with Crippen molar-refractivity contribution in [3.05, 3.63) is 24.8 Å². The fourth-order valence-corrected chi connectivity index (χ4v) is 0.253. The minimum Gasteiger partial charge on any atom is -0.262 e. The zero-order valence-corrected chi connectivity index (χ0v) is 11.6. The predicted molar refractivity (Wildman–Crippen MR) is 51.3 cm³/mol. The fraction of sp³-hybridized carbons (Fsp3) is 0. The molecule has 1 aromatic heterocycles. The zero-order valence-electron chi connectivity index (χ0n) is 5.43. The summed E-state index contributed by atoms with van der Waals surface area (Å²) in [7, 11) is 21.0. The summed E-state index contributed by atoms with van der Waals surface area (Å²) in [5, 5.41) is 0. The third-order valence-electron chi connectivity index (χ3n) is 0.478. The van der Waals surface area contributed by atoms with Crippen LogP contribution in [0.3, 0.4) is 0 Å². The Labute approximate surface area is 90.9 Å². The SMILES string of the molecule is [Cl][Ir]([Cl])([Cl])([Cl])[Cl].c1cnccn1. The first-order valence-electron chi connectivity index (χ1n) is 2.33. The molecule has 0 aliphatic heterocycles.